The van der Waals surface area contributed by atoms with Crippen molar-refractivity contribution in [3.63, 3.8) is 0 Å². The molecule has 2 fully saturated rings. The first-order valence-electron chi connectivity index (χ1n) is 31.2. The van der Waals surface area contributed by atoms with Gasteiger partial charge in [-0.15, -0.1) is 0 Å². The number of nitrogens with one attached hydrogen (secondary N) is 10. The number of nitrogens with two attached hydrogens (primary N) is 4. The molecule has 0 saturated carbocycles. The van der Waals surface area contributed by atoms with Crippen LogP contribution in [-0.2, 0) is 76.8 Å². The van der Waals surface area contributed by atoms with Crippen molar-refractivity contribution in [1.29, 1.82) is 0 Å². The van der Waals surface area contributed by atoms with Crippen LogP contribution in [0.2, 0.25) is 0 Å². The molecule has 508 valence electrons. The summed E-state index contributed by atoms with van der Waals surface area (Å²) in [5, 5.41) is 22.1. The molecule has 2 aliphatic heterocycles. The zero-order valence-electron chi connectivity index (χ0n) is 53.3. The molecule has 0 unspecified atom stereocenters. The second kappa shape index (κ2) is 36.4. The minimum absolute atomic E-state index is 0.0130. The van der Waals surface area contributed by atoms with E-state index in [4.69, 9.17) is 22.9 Å². The molecule has 8 amide bonds. The molecule has 12 atom stereocenters. The molecule has 18 N–H and O–H groups in total. The van der Waals surface area contributed by atoms with Crippen molar-refractivity contribution in [1.82, 2.24) is 57.5 Å². The Morgan fingerprint density at radius 3 is 1.66 bits per heavy atom. The fourth-order valence-corrected chi connectivity index (χ4v) is 13.1. The van der Waals surface area contributed by atoms with E-state index in [0.29, 0.717) is 16.8 Å². The standard InChI is InChI=1S/C63H87N17O12S2/c1-33-21-51(82)41-26-52(83)39(24-40-28-71-44-16-10-9-15-43(40)44)25-53(84)45(17-11-19-69-62(64)65)76-59(90)47(23-38-13-7-6-8-14-38)79-60(91)48(27-42-29-68-32-72-42)78-57(88)37(5)75-61(92)49(31-94-93-30-41)80-58(89)46(18-12-20-70-63(66)67)77-56(87)36(4)74-55(86)35(3)73-54(85)34(2)22-50(33)81/h6-10,13-16,28-29,32-37,39,41,45-49,71H,11-12,17-27,30-31H2,1-5H3,(H,68,72)(H,73,85)(H,74,86)(H,75,92)(H,76,90)(H,77,87)(H,78,88)(H,79,91)(H,80,89)(H4,64,65,69)(H4,66,67,70)/t33-,34-,35+,36+,37+,39-,41+,45+,46+,47-,48+,49+/m1/s1. The molecule has 94 heavy (non-hydrogen) atoms. The van der Waals surface area contributed by atoms with Gasteiger partial charge in [0.1, 0.15) is 59.6 Å². The Morgan fingerprint density at radius 2 is 1.02 bits per heavy atom. The Morgan fingerprint density at radius 1 is 0.489 bits per heavy atom. The van der Waals surface area contributed by atoms with E-state index < -0.39 is 155 Å². The highest BCUT2D eigenvalue weighted by atomic mass is 33.1. The molecule has 4 heterocycles. The van der Waals surface area contributed by atoms with Gasteiger partial charge in [-0.25, -0.2) is 4.98 Å². The maximum atomic E-state index is 15.4. The van der Waals surface area contributed by atoms with Crippen molar-refractivity contribution in [3.8, 4) is 0 Å². The summed E-state index contributed by atoms with van der Waals surface area (Å²) >= 11 is 0. The molecular weight excluding hydrogens is 1250 g/mol. The summed E-state index contributed by atoms with van der Waals surface area (Å²) in [4.78, 5) is 192. The number of nitrogens with zero attached hydrogens (tertiary/aromatic N) is 3. The number of aromatic nitrogens is 3. The summed E-state index contributed by atoms with van der Waals surface area (Å²) < 4.78 is 0. The number of para-hydroxylation sites is 1. The molecule has 2 bridgehead atoms. The Bertz CT molecular complexity index is 3390. The molecule has 6 rings (SSSR count). The Balaban J connectivity index is 1.48. The first kappa shape index (κ1) is 73.9. The number of carbonyl (C=O) groups excluding carboxylic acids is 12. The molecule has 2 aromatic heterocycles. The molecule has 31 heteroatoms. The average molecular weight is 1340 g/mol. The zero-order chi connectivity index (χ0) is 68.6. The van der Waals surface area contributed by atoms with E-state index in [2.05, 4.69) is 67.5 Å². The topological polar surface area (TPSA) is 474 Å². The van der Waals surface area contributed by atoms with Gasteiger partial charge in [0.2, 0.25) is 47.3 Å². The minimum Gasteiger partial charge on any atom is -0.370 e. The number of rotatable bonds is 14. The van der Waals surface area contributed by atoms with Gasteiger partial charge >= 0.3 is 0 Å². The van der Waals surface area contributed by atoms with Crippen molar-refractivity contribution < 1.29 is 57.5 Å². The fraction of sp³-hybridized carbons (Fsp3) is 0.508. The number of fused-ring (bicyclic) bond motifs is 6. The first-order valence-corrected chi connectivity index (χ1v) is 33.7. The number of carbonyl (C=O) groups is 12. The Kier molecular flexibility index (Phi) is 28.6. The lowest BCUT2D eigenvalue weighted by molar-refractivity contribution is -0.136. The Hall–Kier alpha value is -9.13. The van der Waals surface area contributed by atoms with Crippen LogP contribution in [0.5, 0.6) is 0 Å². The van der Waals surface area contributed by atoms with Crippen molar-refractivity contribution >= 4 is 115 Å². The number of benzene rings is 2. The van der Waals surface area contributed by atoms with Crippen LogP contribution in [0.15, 0.2) is 83.3 Å². The number of H-pyrrole nitrogens is 2. The van der Waals surface area contributed by atoms with E-state index in [1.165, 1.54) is 47.1 Å². The summed E-state index contributed by atoms with van der Waals surface area (Å²) in [5.41, 5.74) is 24.9. The Labute approximate surface area is 552 Å². The van der Waals surface area contributed by atoms with Gasteiger partial charge in [-0.1, -0.05) is 84.0 Å². The van der Waals surface area contributed by atoms with Crippen LogP contribution >= 0.6 is 21.6 Å². The predicted octanol–water partition coefficient (Wildman–Crippen LogP) is -0.286. The van der Waals surface area contributed by atoms with E-state index >= 15 is 9.59 Å². The lowest BCUT2D eigenvalue weighted by atomic mass is 9.82. The van der Waals surface area contributed by atoms with Gasteiger partial charge in [-0.2, -0.15) is 0 Å². The predicted molar refractivity (Wildman–Crippen MR) is 355 cm³/mol. The molecule has 2 aromatic carbocycles. The van der Waals surface area contributed by atoms with Gasteiger partial charge in [0.05, 0.1) is 12.4 Å². The second-order valence-electron chi connectivity index (χ2n) is 23.9. The lowest BCUT2D eigenvalue weighted by Gasteiger charge is -2.27. The molecule has 2 aliphatic rings. The maximum Gasteiger partial charge on any atom is 0.244 e. The fourth-order valence-electron chi connectivity index (χ4n) is 10.6. The molecule has 0 spiro atoms. The number of ketones is 4. The number of guanidine groups is 2. The minimum atomic E-state index is -1.52. The molecule has 4 aromatic rings. The van der Waals surface area contributed by atoms with Crippen molar-refractivity contribution in [2.45, 2.75) is 154 Å². The third-order valence-corrected chi connectivity index (χ3v) is 18.7. The van der Waals surface area contributed by atoms with Crippen molar-refractivity contribution in [3.05, 3.63) is 90.1 Å². The third kappa shape index (κ3) is 23.2. The normalized spacial score (nSPS) is 26.2. The number of amides is 8. The van der Waals surface area contributed by atoms with Gasteiger partial charge in [0.25, 0.3) is 0 Å². The van der Waals surface area contributed by atoms with E-state index in [9.17, 15) is 47.9 Å². The molecular formula is C63H87N17O12S2. The average Bonchev–Trinajstić information content (AvgIpc) is 1.67. The van der Waals surface area contributed by atoms with Crippen LogP contribution in [0, 0.1) is 23.7 Å². The number of hydrogen-bond donors (Lipinski definition) is 14. The number of aromatic amines is 2. The first-order chi connectivity index (χ1) is 44.8. The summed E-state index contributed by atoms with van der Waals surface area (Å²) in [7, 11) is 2.08. The number of hydrogen-bond acceptors (Lipinski definition) is 17. The maximum absolute atomic E-state index is 15.4. The van der Waals surface area contributed by atoms with Gasteiger partial charge < -0.3 is 75.4 Å². The van der Waals surface area contributed by atoms with Crippen LogP contribution in [0.25, 0.3) is 10.9 Å². The zero-order valence-corrected chi connectivity index (χ0v) is 55.0. The summed E-state index contributed by atoms with van der Waals surface area (Å²) in [6.07, 6.45) is 2.72. The van der Waals surface area contributed by atoms with Crippen LogP contribution in [0.1, 0.15) is 103 Å². The van der Waals surface area contributed by atoms with Crippen molar-refractivity contribution in [2.75, 3.05) is 24.6 Å². The van der Waals surface area contributed by atoms with E-state index in [1.54, 1.807) is 36.5 Å². The van der Waals surface area contributed by atoms with Gasteiger partial charge in [0, 0.05) is 116 Å². The highest BCUT2D eigenvalue weighted by molar-refractivity contribution is 8.76. The number of Topliss-reactive ketones (excluding diaryl/α,β-unsaturated/α-hetero) is 4. The summed E-state index contributed by atoms with van der Waals surface area (Å²) in [6, 6.07) is 5.01. The summed E-state index contributed by atoms with van der Waals surface area (Å²) in [5.74, 6) is -13.8. The largest absolute Gasteiger partial charge is 0.370 e. The van der Waals surface area contributed by atoms with E-state index in [0.717, 1.165) is 32.5 Å². The number of imidazole rings is 1. The smallest absolute Gasteiger partial charge is 0.244 e. The third-order valence-electron chi connectivity index (χ3n) is 16.2. The molecule has 0 radical (unpaired) electrons. The van der Waals surface area contributed by atoms with Crippen molar-refractivity contribution in [2.24, 2.45) is 56.6 Å². The molecule has 29 nitrogen and oxygen atoms in total. The van der Waals surface area contributed by atoms with Gasteiger partial charge in [-0.3, -0.25) is 67.5 Å². The van der Waals surface area contributed by atoms with E-state index in [-0.39, 0.29) is 94.3 Å². The molecule has 2 saturated heterocycles. The van der Waals surface area contributed by atoms with Gasteiger partial charge in [0.15, 0.2) is 17.7 Å². The van der Waals surface area contributed by atoms with E-state index in [1.807, 2.05) is 24.3 Å². The van der Waals surface area contributed by atoms with Crippen LogP contribution in [0.4, 0.5) is 0 Å². The number of aliphatic imine (C=N–C) groups is 2. The highest BCUT2D eigenvalue weighted by Gasteiger charge is 2.37. The van der Waals surface area contributed by atoms with Crippen LogP contribution in [-0.4, -0.2) is 170 Å². The quantitative estimate of drug-likeness (QED) is 0.0334. The highest BCUT2D eigenvalue weighted by Crippen LogP contribution is 2.31. The lowest BCUT2D eigenvalue weighted by Crippen LogP contribution is -2.60. The summed E-state index contributed by atoms with van der Waals surface area (Å²) in [6.45, 7) is 7.11. The second-order valence-corrected chi connectivity index (χ2v) is 26.4. The van der Waals surface area contributed by atoms with Crippen LogP contribution in [0.3, 0.4) is 0 Å². The van der Waals surface area contributed by atoms with Crippen LogP contribution < -0.4 is 65.5 Å². The molecule has 0 aliphatic carbocycles. The van der Waals surface area contributed by atoms with Gasteiger partial charge in [-0.05, 0) is 70.1 Å². The monoisotopic (exact) mass is 1340 g/mol. The SMILES string of the molecule is C[C@@H]1CC(=O)[C@@H]2CSSC[C@H](NC(=O)[C@H](CCCN=C(N)N)NC(=O)[C@H](C)NC(=O)[C@H](C)NC(=O)[C@H](C)CC1=O)C(=O)N[C@@H](C)C(=O)N[C@@H](Cc1cnc[nH]1)C(=O)N[C@H](Cc1ccccc1)C(=O)N[C@@H](CCCN=C(N)N)C(=O)C[C@@H](Cc1c[nH]c3ccccc13)C(=O)C2.